The SMILES string of the molecule is COC(c1c(C)[nH]n(-c2ccccc2)c1=O)C(F)(F)C(F)(F)C(F)(F)C(F)F. The third-order valence-electron chi connectivity index (χ3n) is 4.07. The second-order valence-electron chi connectivity index (χ2n) is 5.86. The molecule has 0 fully saturated rings. The van der Waals surface area contributed by atoms with Crippen molar-refractivity contribution >= 4 is 0 Å². The first-order valence-electron chi connectivity index (χ1n) is 7.62. The third-order valence-corrected chi connectivity index (χ3v) is 4.07. The zero-order valence-corrected chi connectivity index (χ0v) is 14.3. The van der Waals surface area contributed by atoms with Gasteiger partial charge in [0, 0.05) is 12.8 Å². The number of benzene rings is 1. The number of aryl methyl sites for hydroxylation is 1. The van der Waals surface area contributed by atoms with E-state index in [0.717, 1.165) is 6.92 Å². The molecule has 0 aliphatic carbocycles. The molecule has 0 radical (unpaired) electrons. The molecule has 1 aromatic heterocycles. The molecule has 4 nitrogen and oxygen atoms in total. The standard InChI is InChI=1S/C16H14F8N2O2/c1-8-10(12(27)26(25-8)9-6-4-3-5-7-9)11(28-2)14(19,20)16(23,24)15(21,22)13(17)18/h3-7,11,13,25H,1-2H3. The molecule has 0 aliphatic rings. The molecule has 0 amide bonds. The smallest absolute Gasteiger partial charge is 0.370 e. The Morgan fingerprint density at radius 3 is 2.00 bits per heavy atom. The van der Waals surface area contributed by atoms with Gasteiger partial charge in [-0.15, -0.1) is 0 Å². The molecule has 28 heavy (non-hydrogen) atoms. The van der Waals surface area contributed by atoms with Gasteiger partial charge < -0.3 is 4.74 Å². The molecule has 1 heterocycles. The van der Waals surface area contributed by atoms with Crippen molar-refractivity contribution in [1.29, 1.82) is 0 Å². The zero-order valence-electron chi connectivity index (χ0n) is 14.3. The van der Waals surface area contributed by atoms with Gasteiger partial charge in [0.25, 0.3) is 5.56 Å². The lowest BCUT2D eigenvalue weighted by molar-refractivity contribution is -0.359. The number of methoxy groups -OCH3 is 1. The van der Waals surface area contributed by atoms with Crippen molar-refractivity contribution in [3.63, 3.8) is 0 Å². The summed E-state index contributed by atoms with van der Waals surface area (Å²) in [6.07, 6.45) is -8.29. The topological polar surface area (TPSA) is 47.0 Å². The number of hydrogen-bond donors (Lipinski definition) is 1. The zero-order chi connectivity index (χ0) is 21.5. The highest BCUT2D eigenvalue weighted by atomic mass is 19.4. The molecule has 12 heteroatoms. The molecule has 2 aromatic rings. The highest BCUT2D eigenvalue weighted by Crippen LogP contribution is 2.53. The van der Waals surface area contributed by atoms with Crippen LogP contribution in [0.15, 0.2) is 35.1 Å². The fourth-order valence-electron chi connectivity index (χ4n) is 2.60. The maximum absolute atomic E-state index is 14.3. The molecular weight excluding hydrogens is 404 g/mol. The molecule has 156 valence electrons. The van der Waals surface area contributed by atoms with Gasteiger partial charge in [0.15, 0.2) is 6.10 Å². The van der Waals surface area contributed by atoms with Gasteiger partial charge in [-0.2, -0.15) is 26.3 Å². The van der Waals surface area contributed by atoms with Crippen LogP contribution in [0.3, 0.4) is 0 Å². The summed E-state index contributed by atoms with van der Waals surface area (Å²) in [6.45, 7) is 1.04. The lowest BCUT2D eigenvalue weighted by atomic mass is 9.94. The van der Waals surface area contributed by atoms with Gasteiger partial charge in [0.1, 0.15) is 0 Å². The predicted octanol–water partition coefficient (Wildman–Crippen LogP) is 4.33. The van der Waals surface area contributed by atoms with Gasteiger partial charge in [-0.05, 0) is 19.1 Å². The van der Waals surface area contributed by atoms with Gasteiger partial charge in [-0.25, -0.2) is 13.5 Å². The van der Waals surface area contributed by atoms with Crippen LogP contribution in [0.4, 0.5) is 35.1 Å². The van der Waals surface area contributed by atoms with E-state index in [1.807, 2.05) is 0 Å². The molecular formula is C16H14F8N2O2. The van der Waals surface area contributed by atoms with E-state index in [1.165, 1.54) is 24.3 Å². The molecule has 1 atom stereocenters. The number of aromatic amines is 1. The fourth-order valence-corrected chi connectivity index (χ4v) is 2.60. The normalized spacial score (nSPS) is 14.5. The van der Waals surface area contributed by atoms with Crippen molar-refractivity contribution in [2.75, 3.05) is 7.11 Å². The lowest BCUT2D eigenvalue weighted by Gasteiger charge is -2.35. The van der Waals surface area contributed by atoms with Crippen LogP contribution >= 0.6 is 0 Å². The average Bonchev–Trinajstić information content (AvgIpc) is 2.91. The van der Waals surface area contributed by atoms with Gasteiger partial charge in [-0.1, -0.05) is 18.2 Å². The number of rotatable bonds is 7. The summed E-state index contributed by atoms with van der Waals surface area (Å²) < 4.78 is 112. The minimum atomic E-state index is -6.51. The Labute approximate surface area is 152 Å². The third kappa shape index (κ3) is 3.19. The van der Waals surface area contributed by atoms with E-state index < -0.39 is 47.1 Å². The predicted molar refractivity (Wildman–Crippen MR) is 81.7 cm³/mol. The van der Waals surface area contributed by atoms with Crippen molar-refractivity contribution in [3.8, 4) is 5.69 Å². The minimum Gasteiger partial charge on any atom is -0.370 e. The summed E-state index contributed by atoms with van der Waals surface area (Å²) in [5.41, 5.74) is -2.64. The van der Waals surface area contributed by atoms with Crippen LogP contribution in [0.2, 0.25) is 0 Å². The first kappa shape index (κ1) is 21.9. The maximum Gasteiger partial charge on any atom is 0.380 e. The van der Waals surface area contributed by atoms with Gasteiger partial charge in [-0.3, -0.25) is 9.89 Å². The van der Waals surface area contributed by atoms with Crippen LogP contribution in [-0.4, -0.2) is 41.1 Å². The minimum absolute atomic E-state index is 0.129. The van der Waals surface area contributed by atoms with Gasteiger partial charge in [0.05, 0.1) is 11.3 Å². The van der Waals surface area contributed by atoms with Gasteiger partial charge >= 0.3 is 24.2 Å². The Hall–Kier alpha value is -2.37. The van der Waals surface area contributed by atoms with Crippen LogP contribution < -0.4 is 5.56 Å². The Kier molecular flexibility index (Phi) is 5.66. The first-order chi connectivity index (χ1) is 12.8. The Morgan fingerprint density at radius 1 is 1.00 bits per heavy atom. The van der Waals surface area contributed by atoms with Crippen molar-refractivity contribution in [3.05, 3.63) is 51.9 Å². The highest BCUT2D eigenvalue weighted by Gasteiger charge is 2.78. The number of ether oxygens (including phenoxy) is 1. The van der Waals surface area contributed by atoms with E-state index in [4.69, 9.17) is 0 Å². The first-order valence-corrected chi connectivity index (χ1v) is 7.62. The number of H-pyrrole nitrogens is 1. The molecule has 0 spiro atoms. The van der Waals surface area contributed by atoms with Crippen molar-refractivity contribution < 1.29 is 39.9 Å². The monoisotopic (exact) mass is 418 g/mol. The molecule has 0 bridgehead atoms. The van der Waals surface area contributed by atoms with Crippen LogP contribution in [0, 0.1) is 6.92 Å². The van der Waals surface area contributed by atoms with Crippen LogP contribution in [0.5, 0.6) is 0 Å². The second-order valence-corrected chi connectivity index (χ2v) is 5.86. The molecule has 1 N–H and O–H groups in total. The number of para-hydroxylation sites is 1. The summed E-state index contributed by atoms with van der Waals surface area (Å²) in [7, 11) is 0.466. The molecule has 0 aliphatic heterocycles. The van der Waals surface area contributed by atoms with Crippen LogP contribution in [-0.2, 0) is 4.74 Å². The fraction of sp³-hybridized carbons (Fsp3) is 0.438. The van der Waals surface area contributed by atoms with Crippen molar-refractivity contribution in [2.24, 2.45) is 0 Å². The lowest BCUT2D eigenvalue weighted by Crippen LogP contribution is -2.60. The summed E-state index contributed by atoms with van der Waals surface area (Å²) >= 11 is 0. The Balaban J connectivity index is 2.63. The summed E-state index contributed by atoms with van der Waals surface area (Å²) in [5.74, 6) is -18.7. The van der Waals surface area contributed by atoms with Crippen LogP contribution in [0.1, 0.15) is 17.4 Å². The maximum atomic E-state index is 14.3. The molecule has 0 saturated carbocycles. The number of nitrogens with zero attached hydrogens (tertiary/aromatic N) is 1. The number of aromatic nitrogens is 2. The number of hydrogen-bond acceptors (Lipinski definition) is 2. The van der Waals surface area contributed by atoms with E-state index in [1.54, 1.807) is 6.07 Å². The van der Waals surface area contributed by atoms with Crippen molar-refractivity contribution in [1.82, 2.24) is 9.78 Å². The Bertz CT molecular complexity index is 877. The quantitative estimate of drug-likeness (QED) is 0.681. The van der Waals surface area contributed by atoms with Gasteiger partial charge in [0.2, 0.25) is 0 Å². The van der Waals surface area contributed by atoms with Crippen molar-refractivity contribution in [2.45, 2.75) is 37.2 Å². The van der Waals surface area contributed by atoms with Crippen LogP contribution in [0.25, 0.3) is 5.69 Å². The molecule has 1 aromatic carbocycles. The average molecular weight is 418 g/mol. The highest BCUT2D eigenvalue weighted by molar-refractivity contribution is 5.34. The second kappa shape index (κ2) is 7.22. The molecule has 2 rings (SSSR count). The number of halogens is 8. The van der Waals surface area contributed by atoms with E-state index in [-0.39, 0.29) is 5.69 Å². The van der Waals surface area contributed by atoms with E-state index in [0.29, 0.717) is 11.8 Å². The summed E-state index contributed by atoms with van der Waals surface area (Å²) in [4.78, 5) is 12.5. The number of alkyl halides is 8. The van der Waals surface area contributed by atoms with E-state index in [9.17, 15) is 39.9 Å². The summed E-state index contributed by atoms with van der Waals surface area (Å²) in [6, 6.07) is 7.29. The summed E-state index contributed by atoms with van der Waals surface area (Å²) in [5, 5.41) is 2.34. The van der Waals surface area contributed by atoms with E-state index in [2.05, 4.69) is 9.84 Å². The largest absolute Gasteiger partial charge is 0.380 e. The Morgan fingerprint density at radius 2 is 1.54 bits per heavy atom. The molecule has 1 unspecified atom stereocenters. The molecule has 0 saturated heterocycles. The number of nitrogens with one attached hydrogen (secondary N) is 1. The van der Waals surface area contributed by atoms with E-state index >= 15 is 0 Å².